The van der Waals surface area contributed by atoms with Crippen LogP contribution in [-0.4, -0.2) is 27.8 Å². The van der Waals surface area contributed by atoms with Gasteiger partial charge in [-0.3, -0.25) is 9.69 Å². The molecule has 1 aromatic rings. The second-order valence-electron chi connectivity index (χ2n) is 5.33. The molecule has 1 aromatic carbocycles. The fourth-order valence-electron chi connectivity index (χ4n) is 2.48. The van der Waals surface area contributed by atoms with Crippen molar-refractivity contribution in [3.63, 3.8) is 0 Å². The van der Waals surface area contributed by atoms with Crippen LogP contribution in [0, 0.1) is 0 Å². The number of allylic oxidation sites excluding steroid dienone is 3. The van der Waals surface area contributed by atoms with Crippen LogP contribution in [0.3, 0.4) is 0 Å². The molecule has 1 N–H and O–H groups in total. The lowest BCUT2D eigenvalue weighted by atomic mass is 10.00. The average molecular weight is 408 g/mol. The number of benzene rings is 1. The number of carbonyl (C=O) groups is 1. The van der Waals surface area contributed by atoms with Gasteiger partial charge in [0.05, 0.1) is 0 Å². The van der Waals surface area contributed by atoms with Crippen molar-refractivity contribution in [2.45, 2.75) is 16.9 Å². The summed E-state index contributed by atoms with van der Waals surface area (Å²) in [6, 6.07) is 8.53. The molecule has 3 nitrogen and oxygen atoms in total. The highest BCUT2D eigenvalue weighted by molar-refractivity contribution is 14.1. The third-order valence-corrected chi connectivity index (χ3v) is 4.59. The van der Waals surface area contributed by atoms with Crippen LogP contribution in [0.4, 0.5) is 0 Å². The van der Waals surface area contributed by atoms with E-state index in [1.165, 1.54) is 11.1 Å². The predicted molar refractivity (Wildman–Crippen MR) is 99.9 cm³/mol. The number of carbonyl (C=O) groups excluding carboxylic acids is 1. The van der Waals surface area contributed by atoms with Crippen molar-refractivity contribution in [2.75, 3.05) is 13.1 Å². The number of amides is 1. The Labute approximate surface area is 145 Å². The molecule has 1 atom stereocenters. The van der Waals surface area contributed by atoms with E-state index in [1.54, 1.807) is 18.2 Å². The number of hydrogen-bond acceptors (Lipinski definition) is 2. The van der Waals surface area contributed by atoms with Gasteiger partial charge in [0.1, 0.15) is 3.92 Å². The minimum Gasteiger partial charge on any atom is -0.326 e. The summed E-state index contributed by atoms with van der Waals surface area (Å²) in [6.45, 7) is 10.1. The topological polar surface area (TPSA) is 32.3 Å². The number of rotatable bonds is 6. The second kappa shape index (κ2) is 8.29. The van der Waals surface area contributed by atoms with Gasteiger partial charge in [-0.15, -0.1) is 0 Å². The minimum atomic E-state index is -0.100. The van der Waals surface area contributed by atoms with Crippen molar-refractivity contribution in [1.29, 1.82) is 0 Å². The summed E-state index contributed by atoms with van der Waals surface area (Å²) in [7, 11) is 0. The van der Waals surface area contributed by atoms with E-state index in [4.69, 9.17) is 0 Å². The molecule has 0 saturated heterocycles. The third kappa shape index (κ3) is 4.81. The Bertz CT molecular complexity index is 595. The van der Waals surface area contributed by atoms with Crippen molar-refractivity contribution in [3.8, 4) is 0 Å². The van der Waals surface area contributed by atoms with Gasteiger partial charge in [0, 0.05) is 25.3 Å². The molecule has 0 aliphatic carbocycles. The van der Waals surface area contributed by atoms with Crippen molar-refractivity contribution in [3.05, 3.63) is 72.5 Å². The van der Waals surface area contributed by atoms with Crippen molar-refractivity contribution < 1.29 is 4.79 Å². The van der Waals surface area contributed by atoms with Crippen LogP contribution in [0.5, 0.6) is 0 Å². The summed E-state index contributed by atoms with van der Waals surface area (Å²) in [5.41, 5.74) is 3.39. The van der Waals surface area contributed by atoms with Crippen molar-refractivity contribution in [2.24, 2.45) is 0 Å². The van der Waals surface area contributed by atoms with Gasteiger partial charge in [-0.1, -0.05) is 72.2 Å². The fourth-order valence-corrected chi connectivity index (χ4v) is 3.19. The van der Waals surface area contributed by atoms with E-state index in [2.05, 4.69) is 70.2 Å². The number of halogens is 1. The number of hydrogen-bond donors (Lipinski definition) is 1. The Morgan fingerprint density at radius 1 is 1.41 bits per heavy atom. The number of nitrogens with one attached hydrogen (secondary N) is 1. The standard InChI is InChI=1S/C18H21IN2O/c1-3-4-7-14(2)20-18(22)17(19)13-21-11-10-15-8-5-6-9-16(15)12-21/h3-9,17H,1-2,10-13H2,(H,20,22)/b7-4-/t17-/m1/s1. The van der Waals surface area contributed by atoms with Crippen LogP contribution >= 0.6 is 22.6 Å². The van der Waals surface area contributed by atoms with Crippen LogP contribution in [0.1, 0.15) is 11.1 Å². The quantitative estimate of drug-likeness (QED) is 0.446. The molecule has 22 heavy (non-hydrogen) atoms. The monoisotopic (exact) mass is 408 g/mol. The molecule has 0 spiro atoms. The highest BCUT2D eigenvalue weighted by Gasteiger charge is 2.22. The summed E-state index contributed by atoms with van der Waals surface area (Å²) in [5.74, 6) is -0.00169. The summed E-state index contributed by atoms with van der Waals surface area (Å²) in [4.78, 5) is 14.5. The van der Waals surface area contributed by atoms with Gasteiger partial charge in [-0.2, -0.15) is 0 Å². The van der Waals surface area contributed by atoms with Gasteiger partial charge in [0.15, 0.2) is 0 Å². The lowest BCUT2D eigenvalue weighted by Gasteiger charge is -2.30. The first-order chi connectivity index (χ1) is 10.6. The normalized spacial score (nSPS) is 16.0. The first-order valence-electron chi connectivity index (χ1n) is 7.32. The molecule has 0 radical (unpaired) electrons. The molecular weight excluding hydrogens is 387 g/mol. The Morgan fingerprint density at radius 2 is 2.14 bits per heavy atom. The first kappa shape index (κ1) is 17.0. The van der Waals surface area contributed by atoms with Gasteiger partial charge in [-0.25, -0.2) is 0 Å². The molecule has 1 amide bonds. The largest absolute Gasteiger partial charge is 0.326 e. The summed E-state index contributed by atoms with van der Waals surface area (Å²) < 4.78 is -0.100. The van der Waals surface area contributed by atoms with Gasteiger partial charge >= 0.3 is 0 Å². The third-order valence-electron chi connectivity index (χ3n) is 3.63. The van der Waals surface area contributed by atoms with E-state index in [0.717, 1.165) is 26.1 Å². The molecule has 2 rings (SSSR count). The maximum atomic E-state index is 12.2. The highest BCUT2D eigenvalue weighted by Crippen LogP contribution is 2.19. The van der Waals surface area contributed by atoms with Crippen LogP contribution in [0.2, 0.25) is 0 Å². The summed E-state index contributed by atoms with van der Waals surface area (Å²) >= 11 is 2.20. The molecule has 0 unspecified atom stereocenters. The lowest BCUT2D eigenvalue weighted by Crippen LogP contribution is -2.41. The van der Waals surface area contributed by atoms with Crippen LogP contribution in [0.15, 0.2) is 61.3 Å². The summed E-state index contributed by atoms with van der Waals surface area (Å²) in [6.07, 6.45) is 6.21. The molecule has 0 aromatic heterocycles. The zero-order valence-corrected chi connectivity index (χ0v) is 14.8. The maximum Gasteiger partial charge on any atom is 0.238 e. The highest BCUT2D eigenvalue weighted by atomic mass is 127. The van der Waals surface area contributed by atoms with Crippen LogP contribution in [-0.2, 0) is 17.8 Å². The van der Waals surface area contributed by atoms with E-state index < -0.39 is 0 Å². The molecule has 1 heterocycles. The van der Waals surface area contributed by atoms with E-state index in [9.17, 15) is 4.79 Å². The van der Waals surface area contributed by atoms with Crippen LogP contribution in [0.25, 0.3) is 0 Å². The molecule has 1 aliphatic heterocycles. The van der Waals surface area contributed by atoms with Gasteiger partial charge in [0.25, 0.3) is 0 Å². The van der Waals surface area contributed by atoms with Crippen LogP contribution < -0.4 is 5.32 Å². The van der Waals surface area contributed by atoms with E-state index in [1.807, 2.05) is 0 Å². The van der Waals surface area contributed by atoms with Crippen molar-refractivity contribution in [1.82, 2.24) is 10.2 Å². The van der Waals surface area contributed by atoms with Gasteiger partial charge in [0.2, 0.25) is 5.91 Å². The zero-order valence-electron chi connectivity index (χ0n) is 12.6. The van der Waals surface area contributed by atoms with E-state index in [0.29, 0.717) is 5.70 Å². The number of nitrogens with zero attached hydrogens (tertiary/aromatic N) is 1. The Kier molecular flexibility index (Phi) is 6.39. The Balaban J connectivity index is 1.86. The molecular formula is C18H21IN2O. The maximum absolute atomic E-state index is 12.2. The smallest absolute Gasteiger partial charge is 0.238 e. The lowest BCUT2D eigenvalue weighted by molar-refractivity contribution is -0.119. The molecule has 4 heteroatoms. The minimum absolute atomic E-state index is 0.00169. The fraction of sp³-hybridized carbons (Fsp3) is 0.278. The first-order valence-corrected chi connectivity index (χ1v) is 8.57. The average Bonchev–Trinajstić information content (AvgIpc) is 2.52. The summed E-state index contributed by atoms with van der Waals surface area (Å²) in [5, 5.41) is 2.82. The Hall–Kier alpha value is -1.40. The molecule has 0 bridgehead atoms. The number of alkyl halides is 1. The zero-order chi connectivity index (χ0) is 15.9. The van der Waals surface area contributed by atoms with Gasteiger partial charge < -0.3 is 5.32 Å². The van der Waals surface area contributed by atoms with Crippen molar-refractivity contribution >= 4 is 28.5 Å². The molecule has 116 valence electrons. The predicted octanol–water partition coefficient (Wildman–Crippen LogP) is 3.22. The Morgan fingerprint density at radius 3 is 2.86 bits per heavy atom. The second-order valence-corrected chi connectivity index (χ2v) is 6.83. The van der Waals surface area contributed by atoms with E-state index >= 15 is 0 Å². The number of fused-ring (bicyclic) bond motifs is 1. The van der Waals surface area contributed by atoms with E-state index in [-0.39, 0.29) is 9.83 Å². The molecule has 1 aliphatic rings. The van der Waals surface area contributed by atoms with Gasteiger partial charge in [-0.05, 0) is 23.6 Å². The molecule has 0 saturated carbocycles. The molecule has 0 fully saturated rings. The SMILES string of the molecule is C=C/C=C\C(=C)NC(=O)[C@H](I)CN1CCc2ccccc2C1.